The summed E-state index contributed by atoms with van der Waals surface area (Å²) in [5.74, 6) is -2.24. The Morgan fingerprint density at radius 3 is 2.76 bits per heavy atom. The van der Waals surface area contributed by atoms with Gasteiger partial charge in [-0.15, -0.1) is 22.0 Å². The first-order valence-electron chi connectivity index (χ1n) is 11.4. The number of hydrogen-bond donors (Lipinski definition) is 2. The van der Waals surface area contributed by atoms with Crippen LogP contribution in [0.4, 0.5) is 5.82 Å². The van der Waals surface area contributed by atoms with Crippen LogP contribution in [-0.4, -0.2) is 78.6 Å². The topological polar surface area (TPSA) is 202 Å². The smallest absolute Gasteiger partial charge is 0.543 e. The fraction of sp³-hybridized carbons (Fsp3) is 0.217. The quantitative estimate of drug-likeness (QED) is 0.0820. The Kier molecular flexibility index (Phi) is 9.93. The molecule has 0 bridgehead atoms. The molecule has 0 aliphatic carbocycles. The van der Waals surface area contributed by atoms with E-state index in [-0.39, 0.29) is 75.2 Å². The van der Waals surface area contributed by atoms with Crippen molar-refractivity contribution in [2.24, 2.45) is 5.16 Å². The molecule has 41 heavy (non-hydrogen) atoms. The largest absolute Gasteiger partial charge is 1.00 e. The SMILES string of the molecule is CON=C(C(=O)NC1C(=O)N2C(C(=O)[O-])=C(CSc3nnc(-c4ccc(Cl)cc4)o3)CS[C@H]12)c1nccc(N)n1.[Na+]. The summed E-state index contributed by atoms with van der Waals surface area (Å²) >= 11 is 8.32. The van der Waals surface area contributed by atoms with Crippen LogP contribution < -0.4 is 45.7 Å². The Labute approximate surface area is 267 Å². The van der Waals surface area contributed by atoms with E-state index in [9.17, 15) is 19.5 Å². The molecule has 14 nitrogen and oxygen atoms in total. The number of nitrogens with one attached hydrogen (secondary N) is 1. The summed E-state index contributed by atoms with van der Waals surface area (Å²) in [6.45, 7) is 0. The summed E-state index contributed by atoms with van der Waals surface area (Å²) in [6, 6.07) is 7.25. The molecule has 0 spiro atoms. The molecule has 2 atom stereocenters. The predicted molar refractivity (Wildman–Crippen MR) is 143 cm³/mol. The number of nitrogen functional groups attached to an aromatic ring is 1. The van der Waals surface area contributed by atoms with Crippen molar-refractivity contribution >= 4 is 64.4 Å². The monoisotopic (exact) mass is 624 g/mol. The maximum absolute atomic E-state index is 13.0. The second-order valence-corrected chi connectivity index (χ2v) is 10.7. The first kappa shape index (κ1) is 30.8. The molecule has 1 aromatic carbocycles. The number of carbonyl (C=O) groups excluding carboxylic acids is 3. The van der Waals surface area contributed by atoms with Gasteiger partial charge >= 0.3 is 29.6 Å². The van der Waals surface area contributed by atoms with Gasteiger partial charge in [-0.2, -0.15) is 0 Å². The van der Waals surface area contributed by atoms with Crippen molar-refractivity contribution in [1.82, 2.24) is 30.4 Å². The van der Waals surface area contributed by atoms with Gasteiger partial charge in [0, 0.05) is 28.3 Å². The van der Waals surface area contributed by atoms with E-state index in [1.54, 1.807) is 24.3 Å². The fourth-order valence-corrected chi connectivity index (χ4v) is 6.25. The van der Waals surface area contributed by atoms with Gasteiger partial charge in [0.1, 0.15) is 24.3 Å². The first-order chi connectivity index (χ1) is 19.3. The van der Waals surface area contributed by atoms with Crippen LogP contribution in [0.2, 0.25) is 5.02 Å². The minimum absolute atomic E-state index is 0. The van der Waals surface area contributed by atoms with Crippen molar-refractivity contribution < 1.29 is 58.3 Å². The molecule has 18 heteroatoms. The number of fused-ring (bicyclic) bond motifs is 1. The molecule has 2 amide bonds. The maximum Gasteiger partial charge on any atom is 1.00 e. The molecule has 3 N–H and O–H groups in total. The Balaban J connectivity index is 0.00000387. The molecular weight excluding hydrogens is 607 g/mol. The van der Waals surface area contributed by atoms with E-state index in [4.69, 9.17) is 26.6 Å². The van der Waals surface area contributed by atoms with Crippen molar-refractivity contribution in [3.05, 3.63) is 58.6 Å². The first-order valence-corrected chi connectivity index (χ1v) is 13.8. The second kappa shape index (κ2) is 13.2. The standard InChI is InChI=1S/C23H19ClN8O6S2.Na/c1-37-31-14(17-26-7-6-13(25)27-17)18(33)28-15-20(34)32-16(22(35)36)11(8-39-21(15)32)9-40-23-30-29-19(38-23)10-2-4-12(24)5-3-10;/h2-7,15,21H,8-9H2,1H3,(H,28,33)(H,35,36)(H2,25,26,27);/q;+1/p-1/t15?,21-;/m1./s1. The third kappa shape index (κ3) is 6.52. The number of carbonyl (C=O) groups is 3. The summed E-state index contributed by atoms with van der Waals surface area (Å²) in [5, 5.41) is 26.4. The number of amides is 2. The van der Waals surface area contributed by atoms with Gasteiger partial charge in [0.25, 0.3) is 17.0 Å². The Hall–Kier alpha value is -3.15. The summed E-state index contributed by atoms with van der Waals surface area (Å²) in [4.78, 5) is 51.8. The van der Waals surface area contributed by atoms with Crippen LogP contribution in [0.3, 0.4) is 0 Å². The normalized spacial score (nSPS) is 18.2. The average Bonchev–Trinajstić information content (AvgIpc) is 3.42. The molecule has 1 fully saturated rings. The van der Waals surface area contributed by atoms with Gasteiger partial charge in [-0.3, -0.25) is 14.5 Å². The van der Waals surface area contributed by atoms with Gasteiger partial charge in [0.05, 0.1) is 11.7 Å². The maximum atomic E-state index is 13.0. The molecule has 4 heterocycles. The third-order valence-corrected chi connectivity index (χ3v) is 8.18. The van der Waals surface area contributed by atoms with Crippen molar-refractivity contribution in [3.63, 3.8) is 0 Å². The van der Waals surface area contributed by atoms with E-state index in [0.717, 1.165) is 16.7 Å². The van der Waals surface area contributed by atoms with E-state index in [1.807, 2.05) is 0 Å². The van der Waals surface area contributed by atoms with E-state index in [1.165, 1.54) is 31.1 Å². The number of oxime groups is 1. The number of nitrogens with zero attached hydrogens (tertiary/aromatic N) is 6. The number of carboxylic acid groups (broad SMARTS) is 1. The van der Waals surface area contributed by atoms with Crippen LogP contribution in [0, 0.1) is 0 Å². The number of carboxylic acids is 1. The number of benzene rings is 1. The third-order valence-electron chi connectivity index (χ3n) is 5.68. The molecule has 2 aliphatic heterocycles. The zero-order chi connectivity index (χ0) is 28.4. The minimum atomic E-state index is -1.51. The van der Waals surface area contributed by atoms with E-state index >= 15 is 0 Å². The van der Waals surface area contributed by atoms with Crippen LogP contribution in [0.15, 0.2) is 62.6 Å². The van der Waals surface area contributed by atoms with Gasteiger partial charge < -0.3 is 30.2 Å². The van der Waals surface area contributed by atoms with Crippen LogP contribution in [-0.2, 0) is 19.2 Å². The zero-order valence-corrected chi connectivity index (χ0v) is 25.8. The van der Waals surface area contributed by atoms with Gasteiger partial charge in [-0.25, -0.2) is 9.97 Å². The number of anilines is 1. The number of halogens is 1. The molecule has 2 aromatic heterocycles. The van der Waals surface area contributed by atoms with Crippen molar-refractivity contribution in [1.29, 1.82) is 0 Å². The molecule has 1 unspecified atom stereocenters. The van der Waals surface area contributed by atoms with E-state index in [2.05, 4.69) is 30.6 Å². The number of thioether (sulfide) groups is 2. The Bertz CT molecular complexity index is 1550. The second-order valence-electron chi connectivity index (χ2n) is 8.20. The van der Waals surface area contributed by atoms with Crippen LogP contribution in [0.1, 0.15) is 5.82 Å². The van der Waals surface area contributed by atoms with Crippen molar-refractivity contribution in [2.45, 2.75) is 16.6 Å². The molecular formula is C23H18ClN8NaO6S2. The van der Waals surface area contributed by atoms with Crippen molar-refractivity contribution in [2.75, 3.05) is 24.3 Å². The van der Waals surface area contributed by atoms with Gasteiger partial charge in [0.15, 0.2) is 5.82 Å². The van der Waals surface area contributed by atoms with Gasteiger partial charge in [0.2, 0.25) is 11.6 Å². The van der Waals surface area contributed by atoms with Crippen molar-refractivity contribution in [3.8, 4) is 11.5 Å². The summed E-state index contributed by atoms with van der Waals surface area (Å²) in [6.07, 6.45) is 1.34. The van der Waals surface area contributed by atoms with Gasteiger partial charge in [-0.1, -0.05) is 28.5 Å². The van der Waals surface area contributed by atoms with Gasteiger partial charge in [-0.05, 0) is 35.9 Å². The number of β-lactam (4-membered cyclic amide) rings is 1. The Morgan fingerprint density at radius 2 is 2.07 bits per heavy atom. The molecule has 1 saturated heterocycles. The molecule has 0 saturated carbocycles. The van der Waals surface area contributed by atoms with Crippen LogP contribution in [0.25, 0.3) is 11.5 Å². The number of rotatable bonds is 9. The van der Waals surface area contributed by atoms with Crippen LogP contribution in [0.5, 0.6) is 0 Å². The predicted octanol–water partition coefficient (Wildman–Crippen LogP) is -2.69. The molecule has 2 aliphatic rings. The number of nitrogens with two attached hydrogens (primary N) is 1. The molecule has 0 radical (unpaired) electrons. The van der Waals surface area contributed by atoms with E-state index in [0.29, 0.717) is 16.2 Å². The zero-order valence-electron chi connectivity index (χ0n) is 21.4. The summed E-state index contributed by atoms with van der Waals surface area (Å²) < 4.78 is 5.66. The number of aliphatic carboxylic acids is 1. The molecule has 3 aromatic rings. The Morgan fingerprint density at radius 1 is 1.32 bits per heavy atom. The summed E-state index contributed by atoms with van der Waals surface area (Å²) in [5.41, 5.74) is 6.22. The fourth-order valence-electron chi connectivity index (χ4n) is 3.88. The molecule has 5 rings (SSSR count). The molecule has 206 valence electrons. The average molecular weight is 625 g/mol. The number of hydrogen-bond acceptors (Lipinski definition) is 14. The minimum Gasteiger partial charge on any atom is -0.543 e. The summed E-state index contributed by atoms with van der Waals surface area (Å²) in [7, 11) is 1.23. The van der Waals surface area contributed by atoms with Crippen LogP contribution >= 0.6 is 35.1 Å². The number of aromatic nitrogens is 4. The van der Waals surface area contributed by atoms with E-state index < -0.39 is 29.2 Å².